The van der Waals surface area contributed by atoms with E-state index in [1.165, 1.54) is 5.56 Å². The maximum atomic E-state index is 12.3. The summed E-state index contributed by atoms with van der Waals surface area (Å²) in [4.78, 5) is 14.5. The van der Waals surface area contributed by atoms with Crippen molar-refractivity contribution >= 4 is 11.6 Å². The summed E-state index contributed by atoms with van der Waals surface area (Å²) in [5.41, 5.74) is 9.01. The minimum absolute atomic E-state index is 0.0151. The molecule has 0 aliphatic carbocycles. The van der Waals surface area contributed by atoms with Crippen molar-refractivity contribution in [2.24, 2.45) is 5.73 Å². The number of hydrogen-bond donors (Lipinski definition) is 2. The number of anilines is 1. The molecule has 0 saturated carbocycles. The first kappa shape index (κ1) is 16.9. The SMILES string of the molecule is COC1CCN(CC(=O)Nc2ccc(C)cc2C)C(CN)C1. The van der Waals surface area contributed by atoms with Crippen LogP contribution >= 0.6 is 0 Å². The molecule has 22 heavy (non-hydrogen) atoms. The lowest BCUT2D eigenvalue weighted by molar-refractivity contribution is -0.118. The fourth-order valence-corrected chi connectivity index (χ4v) is 3.06. The number of nitrogens with one attached hydrogen (secondary N) is 1. The number of likely N-dealkylation sites (tertiary alicyclic amines) is 1. The zero-order valence-corrected chi connectivity index (χ0v) is 13.8. The average molecular weight is 305 g/mol. The molecule has 0 aromatic heterocycles. The van der Waals surface area contributed by atoms with Crippen molar-refractivity contribution in [3.63, 3.8) is 0 Å². The maximum absolute atomic E-state index is 12.3. The monoisotopic (exact) mass is 305 g/mol. The van der Waals surface area contributed by atoms with Crippen LogP contribution in [0.15, 0.2) is 18.2 Å². The van der Waals surface area contributed by atoms with Gasteiger partial charge in [-0.2, -0.15) is 0 Å². The van der Waals surface area contributed by atoms with Crippen molar-refractivity contribution in [1.29, 1.82) is 0 Å². The third-order valence-electron chi connectivity index (χ3n) is 4.40. The predicted octanol–water partition coefficient (Wildman–Crippen LogP) is 1.68. The van der Waals surface area contributed by atoms with Crippen LogP contribution in [0.3, 0.4) is 0 Å². The third kappa shape index (κ3) is 4.29. The highest BCUT2D eigenvalue weighted by Crippen LogP contribution is 2.20. The summed E-state index contributed by atoms with van der Waals surface area (Å²) in [5, 5.41) is 3.00. The molecule has 1 amide bonds. The smallest absolute Gasteiger partial charge is 0.238 e. The normalized spacial score (nSPS) is 22.5. The van der Waals surface area contributed by atoms with Gasteiger partial charge in [0.1, 0.15) is 0 Å². The molecule has 1 aliphatic heterocycles. The number of nitrogens with zero attached hydrogens (tertiary/aromatic N) is 1. The fraction of sp³-hybridized carbons (Fsp3) is 0.588. The highest BCUT2D eigenvalue weighted by atomic mass is 16.5. The summed E-state index contributed by atoms with van der Waals surface area (Å²) in [6.07, 6.45) is 2.10. The number of nitrogens with two attached hydrogens (primary N) is 1. The lowest BCUT2D eigenvalue weighted by Gasteiger charge is -2.37. The van der Waals surface area contributed by atoms with E-state index in [0.717, 1.165) is 30.6 Å². The van der Waals surface area contributed by atoms with Gasteiger partial charge in [-0.15, -0.1) is 0 Å². The molecule has 0 radical (unpaired) electrons. The van der Waals surface area contributed by atoms with Gasteiger partial charge in [-0.3, -0.25) is 9.69 Å². The first-order valence-electron chi connectivity index (χ1n) is 7.87. The summed E-state index contributed by atoms with van der Waals surface area (Å²) in [7, 11) is 1.74. The van der Waals surface area contributed by atoms with E-state index in [4.69, 9.17) is 10.5 Å². The first-order valence-corrected chi connectivity index (χ1v) is 7.87. The molecule has 3 N–H and O–H groups in total. The van der Waals surface area contributed by atoms with Crippen molar-refractivity contribution in [3.05, 3.63) is 29.3 Å². The summed E-state index contributed by atoms with van der Waals surface area (Å²) in [6, 6.07) is 6.25. The van der Waals surface area contributed by atoms with Crippen molar-refractivity contribution in [2.75, 3.05) is 32.1 Å². The van der Waals surface area contributed by atoms with Crippen molar-refractivity contribution in [3.8, 4) is 0 Å². The zero-order chi connectivity index (χ0) is 16.1. The molecular formula is C17H27N3O2. The summed E-state index contributed by atoms with van der Waals surface area (Å²) < 4.78 is 5.42. The number of hydrogen-bond acceptors (Lipinski definition) is 4. The first-order chi connectivity index (χ1) is 10.5. The van der Waals surface area contributed by atoms with E-state index in [9.17, 15) is 4.79 Å². The van der Waals surface area contributed by atoms with E-state index in [1.807, 2.05) is 26.0 Å². The molecule has 1 fully saturated rings. The molecule has 0 spiro atoms. The van der Waals surface area contributed by atoms with E-state index in [0.29, 0.717) is 13.1 Å². The van der Waals surface area contributed by atoms with Crippen LogP contribution in [0.1, 0.15) is 24.0 Å². The van der Waals surface area contributed by atoms with Gasteiger partial charge in [0.15, 0.2) is 0 Å². The van der Waals surface area contributed by atoms with E-state index in [1.54, 1.807) is 7.11 Å². The molecule has 5 heteroatoms. The molecule has 1 saturated heterocycles. The van der Waals surface area contributed by atoms with Gasteiger partial charge in [-0.1, -0.05) is 17.7 Å². The maximum Gasteiger partial charge on any atom is 0.238 e. The van der Waals surface area contributed by atoms with E-state index in [2.05, 4.69) is 16.3 Å². The van der Waals surface area contributed by atoms with E-state index >= 15 is 0 Å². The largest absolute Gasteiger partial charge is 0.381 e. The van der Waals surface area contributed by atoms with Gasteiger partial charge in [-0.05, 0) is 38.3 Å². The van der Waals surface area contributed by atoms with Gasteiger partial charge >= 0.3 is 0 Å². The number of benzene rings is 1. The minimum Gasteiger partial charge on any atom is -0.381 e. The van der Waals surface area contributed by atoms with Crippen LogP contribution in [0, 0.1) is 13.8 Å². The van der Waals surface area contributed by atoms with Crippen molar-refractivity contribution in [1.82, 2.24) is 4.90 Å². The van der Waals surface area contributed by atoms with Crippen LogP contribution in [0.4, 0.5) is 5.69 Å². The Hall–Kier alpha value is -1.43. The van der Waals surface area contributed by atoms with Gasteiger partial charge in [0, 0.05) is 31.9 Å². The van der Waals surface area contributed by atoms with E-state index in [-0.39, 0.29) is 18.1 Å². The molecule has 0 bridgehead atoms. The third-order valence-corrected chi connectivity index (χ3v) is 4.40. The summed E-state index contributed by atoms with van der Waals surface area (Å²) in [6.45, 7) is 5.84. The summed E-state index contributed by atoms with van der Waals surface area (Å²) >= 11 is 0. The number of rotatable bonds is 5. The molecule has 2 unspecified atom stereocenters. The number of methoxy groups -OCH3 is 1. The number of aryl methyl sites for hydroxylation is 2. The van der Waals surface area contributed by atoms with Crippen molar-refractivity contribution < 1.29 is 9.53 Å². The van der Waals surface area contributed by atoms with E-state index < -0.39 is 0 Å². The number of ether oxygens (including phenoxy) is 1. The summed E-state index contributed by atoms with van der Waals surface area (Å²) in [5.74, 6) is 0.0151. The molecule has 5 nitrogen and oxygen atoms in total. The number of amides is 1. The Morgan fingerprint density at radius 2 is 2.23 bits per heavy atom. The Morgan fingerprint density at radius 1 is 1.45 bits per heavy atom. The zero-order valence-electron chi connectivity index (χ0n) is 13.8. The Morgan fingerprint density at radius 3 is 2.86 bits per heavy atom. The van der Waals surface area contributed by atoms with Crippen LogP contribution in [0.2, 0.25) is 0 Å². The van der Waals surface area contributed by atoms with Crippen molar-refractivity contribution in [2.45, 2.75) is 38.8 Å². The standard InChI is InChI=1S/C17H27N3O2/c1-12-4-5-16(13(2)8-12)19-17(21)11-20-7-6-15(22-3)9-14(20)10-18/h4-5,8,14-15H,6-7,9-11,18H2,1-3H3,(H,19,21). The van der Waals surface area contributed by atoms with Gasteiger partial charge in [0.25, 0.3) is 0 Å². The number of carbonyl (C=O) groups excluding carboxylic acids is 1. The van der Waals surface area contributed by atoms with Gasteiger partial charge in [0.2, 0.25) is 5.91 Å². The fourth-order valence-electron chi connectivity index (χ4n) is 3.06. The molecule has 2 atom stereocenters. The predicted molar refractivity (Wildman–Crippen MR) is 89.0 cm³/mol. The number of piperidine rings is 1. The quantitative estimate of drug-likeness (QED) is 0.868. The second-order valence-electron chi connectivity index (χ2n) is 6.11. The Labute approximate surface area is 132 Å². The molecule has 122 valence electrons. The Balaban J connectivity index is 1.93. The topological polar surface area (TPSA) is 67.6 Å². The second kappa shape index (κ2) is 7.72. The van der Waals surface area contributed by atoms with Gasteiger partial charge < -0.3 is 15.8 Å². The van der Waals surface area contributed by atoms with Crippen LogP contribution in [-0.2, 0) is 9.53 Å². The van der Waals surface area contributed by atoms with Gasteiger partial charge in [-0.25, -0.2) is 0 Å². The lowest BCUT2D eigenvalue weighted by Crippen LogP contribution is -2.51. The molecule has 1 aliphatic rings. The molecule has 2 rings (SSSR count). The second-order valence-corrected chi connectivity index (χ2v) is 6.11. The highest BCUT2D eigenvalue weighted by molar-refractivity contribution is 5.93. The minimum atomic E-state index is 0.0151. The van der Waals surface area contributed by atoms with Crippen LogP contribution in [-0.4, -0.2) is 49.7 Å². The highest BCUT2D eigenvalue weighted by Gasteiger charge is 2.28. The molecular weight excluding hydrogens is 278 g/mol. The van der Waals surface area contributed by atoms with Crippen LogP contribution < -0.4 is 11.1 Å². The molecule has 1 heterocycles. The van der Waals surface area contributed by atoms with Crippen LogP contribution in [0.25, 0.3) is 0 Å². The molecule has 1 aromatic carbocycles. The molecule has 1 aromatic rings. The van der Waals surface area contributed by atoms with Gasteiger partial charge in [0.05, 0.1) is 12.6 Å². The average Bonchev–Trinajstić information content (AvgIpc) is 2.50. The lowest BCUT2D eigenvalue weighted by atomic mass is 9.99. The van der Waals surface area contributed by atoms with Crippen LogP contribution in [0.5, 0.6) is 0 Å². The Bertz CT molecular complexity index is 519. The Kier molecular flexibility index (Phi) is 5.94. The number of carbonyl (C=O) groups is 1.